The van der Waals surface area contributed by atoms with Crippen molar-refractivity contribution >= 4 is 38.1 Å². The van der Waals surface area contributed by atoms with Crippen molar-refractivity contribution in [2.45, 2.75) is 55.8 Å². The molecule has 6 rings (SSSR count). The van der Waals surface area contributed by atoms with E-state index in [-0.39, 0.29) is 10.3 Å². The summed E-state index contributed by atoms with van der Waals surface area (Å²) in [7, 11) is -3.70. The first-order valence-electron chi connectivity index (χ1n) is 9.59. The zero-order chi connectivity index (χ0) is 18.8. The molecule has 4 bridgehead atoms. The molecule has 144 valence electrons. The fourth-order valence-corrected chi connectivity index (χ4v) is 8.62. The molecule has 7 heteroatoms. The van der Waals surface area contributed by atoms with Gasteiger partial charge in [0.1, 0.15) is 0 Å². The molecule has 4 fully saturated rings. The standard InChI is InChI=1S/C20H23ClN2O2S2/c1-12-16(21)3-2-4-17(12)27(24,25)23-19-22-18(11-26-19)20-8-13-5-14(9-20)7-15(6-13)10-20/h2-4,11,13-15H,5-10H2,1H3,(H,22,23). The van der Waals surface area contributed by atoms with E-state index in [0.717, 1.165) is 23.4 Å². The Labute approximate surface area is 169 Å². The second-order valence-electron chi connectivity index (χ2n) is 8.70. The highest BCUT2D eigenvalue weighted by Crippen LogP contribution is 2.60. The van der Waals surface area contributed by atoms with E-state index >= 15 is 0 Å². The Kier molecular flexibility index (Phi) is 4.12. The minimum atomic E-state index is -3.70. The van der Waals surface area contributed by atoms with Gasteiger partial charge in [0.15, 0.2) is 5.13 Å². The lowest BCUT2D eigenvalue weighted by atomic mass is 9.49. The molecule has 27 heavy (non-hydrogen) atoms. The largest absolute Gasteiger partial charge is 0.263 e. The summed E-state index contributed by atoms with van der Waals surface area (Å²) in [5.74, 6) is 2.52. The molecule has 0 amide bonds. The lowest BCUT2D eigenvalue weighted by Gasteiger charge is -2.56. The number of hydrogen-bond donors (Lipinski definition) is 1. The van der Waals surface area contributed by atoms with Crippen molar-refractivity contribution in [2.24, 2.45) is 17.8 Å². The number of thiazole rings is 1. The van der Waals surface area contributed by atoms with Gasteiger partial charge in [-0.15, -0.1) is 11.3 Å². The van der Waals surface area contributed by atoms with E-state index in [1.165, 1.54) is 49.9 Å². The van der Waals surface area contributed by atoms with Crippen LogP contribution in [0, 0.1) is 24.7 Å². The van der Waals surface area contributed by atoms with Gasteiger partial charge in [-0.2, -0.15) is 0 Å². The van der Waals surface area contributed by atoms with Gasteiger partial charge in [0.2, 0.25) is 0 Å². The monoisotopic (exact) mass is 422 g/mol. The van der Waals surface area contributed by atoms with Crippen LogP contribution in [0.15, 0.2) is 28.5 Å². The average molecular weight is 423 g/mol. The molecule has 0 unspecified atom stereocenters. The first kappa shape index (κ1) is 18.0. The Morgan fingerprint density at radius 1 is 1.15 bits per heavy atom. The summed E-state index contributed by atoms with van der Waals surface area (Å²) >= 11 is 7.49. The molecule has 1 heterocycles. The van der Waals surface area contributed by atoms with E-state index in [0.29, 0.717) is 15.7 Å². The number of benzene rings is 1. The molecule has 1 N–H and O–H groups in total. The number of nitrogens with zero attached hydrogens (tertiary/aromatic N) is 1. The average Bonchev–Trinajstić information content (AvgIpc) is 3.04. The maximum Gasteiger partial charge on any atom is 0.263 e. The zero-order valence-corrected chi connectivity index (χ0v) is 17.6. The minimum Gasteiger partial charge on any atom is -0.255 e. The van der Waals surface area contributed by atoms with E-state index < -0.39 is 10.0 Å². The van der Waals surface area contributed by atoms with Gasteiger partial charge in [0.05, 0.1) is 10.6 Å². The molecule has 2 aromatic rings. The summed E-state index contributed by atoms with van der Waals surface area (Å²) in [5, 5.41) is 2.99. The maximum absolute atomic E-state index is 12.8. The summed E-state index contributed by atoms with van der Waals surface area (Å²) < 4.78 is 28.3. The molecule has 4 aliphatic rings. The highest BCUT2D eigenvalue weighted by Gasteiger charge is 2.52. The van der Waals surface area contributed by atoms with Crippen LogP contribution in [-0.2, 0) is 15.4 Å². The summed E-state index contributed by atoms with van der Waals surface area (Å²) in [6.45, 7) is 1.72. The Balaban J connectivity index is 1.42. The summed E-state index contributed by atoms with van der Waals surface area (Å²) in [5.41, 5.74) is 1.85. The molecule has 1 aromatic heterocycles. The van der Waals surface area contributed by atoms with Crippen LogP contribution in [0.3, 0.4) is 0 Å². The lowest BCUT2D eigenvalue weighted by molar-refractivity contribution is -0.00688. The van der Waals surface area contributed by atoms with Crippen LogP contribution in [0.5, 0.6) is 0 Å². The number of aromatic nitrogens is 1. The molecule has 0 atom stereocenters. The molecule has 0 saturated heterocycles. The summed E-state index contributed by atoms with van der Waals surface area (Å²) in [6.07, 6.45) is 7.83. The predicted octanol–water partition coefficient (Wildman–Crippen LogP) is 5.37. The maximum atomic E-state index is 12.8. The smallest absolute Gasteiger partial charge is 0.255 e. The fourth-order valence-electron chi connectivity index (χ4n) is 6.04. The lowest BCUT2D eigenvalue weighted by Crippen LogP contribution is -2.48. The van der Waals surface area contributed by atoms with Crippen molar-refractivity contribution in [1.82, 2.24) is 4.98 Å². The Hall–Kier alpha value is -1.11. The first-order chi connectivity index (χ1) is 12.8. The Morgan fingerprint density at radius 3 is 2.41 bits per heavy atom. The van der Waals surface area contributed by atoms with E-state index in [2.05, 4.69) is 10.1 Å². The Bertz CT molecular complexity index is 964. The predicted molar refractivity (Wildman–Crippen MR) is 109 cm³/mol. The van der Waals surface area contributed by atoms with Crippen molar-refractivity contribution in [2.75, 3.05) is 4.72 Å². The highest BCUT2D eigenvalue weighted by atomic mass is 35.5. The van der Waals surface area contributed by atoms with Gasteiger partial charge >= 0.3 is 0 Å². The van der Waals surface area contributed by atoms with E-state index in [1.54, 1.807) is 25.1 Å². The van der Waals surface area contributed by atoms with Gasteiger partial charge < -0.3 is 0 Å². The van der Waals surface area contributed by atoms with Gasteiger partial charge in [-0.25, -0.2) is 13.4 Å². The van der Waals surface area contributed by atoms with Gasteiger partial charge in [-0.05, 0) is 80.9 Å². The molecular weight excluding hydrogens is 400 g/mol. The van der Waals surface area contributed by atoms with Crippen molar-refractivity contribution in [1.29, 1.82) is 0 Å². The third kappa shape index (κ3) is 3.00. The number of hydrogen-bond acceptors (Lipinski definition) is 4. The molecule has 4 aliphatic carbocycles. The molecular formula is C20H23ClN2O2S2. The number of sulfonamides is 1. The van der Waals surface area contributed by atoms with Crippen molar-refractivity contribution in [3.8, 4) is 0 Å². The van der Waals surface area contributed by atoms with E-state index in [9.17, 15) is 8.42 Å². The van der Waals surface area contributed by atoms with Crippen LogP contribution in [0.25, 0.3) is 0 Å². The van der Waals surface area contributed by atoms with Crippen molar-refractivity contribution in [3.05, 3.63) is 39.9 Å². The van der Waals surface area contributed by atoms with Crippen molar-refractivity contribution in [3.63, 3.8) is 0 Å². The number of halogens is 1. The highest BCUT2D eigenvalue weighted by molar-refractivity contribution is 7.93. The molecule has 4 nitrogen and oxygen atoms in total. The molecule has 0 aliphatic heterocycles. The second-order valence-corrected chi connectivity index (χ2v) is 11.6. The third-order valence-electron chi connectivity index (χ3n) is 6.81. The second kappa shape index (κ2) is 6.19. The van der Waals surface area contributed by atoms with Crippen LogP contribution < -0.4 is 4.72 Å². The minimum absolute atomic E-state index is 0.181. The zero-order valence-electron chi connectivity index (χ0n) is 15.2. The fraction of sp³-hybridized carbons (Fsp3) is 0.550. The molecule has 4 saturated carbocycles. The number of anilines is 1. The molecule has 0 radical (unpaired) electrons. The normalized spacial score (nSPS) is 32.0. The number of nitrogens with one attached hydrogen (secondary N) is 1. The van der Waals surface area contributed by atoms with Gasteiger partial charge in [-0.1, -0.05) is 17.7 Å². The third-order valence-corrected chi connectivity index (χ3v) is 9.59. The van der Waals surface area contributed by atoms with Crippen molar-refractivity contribution < 1.29 is 8.42 Å². The van der Waals surface area contributed by atoms with Crippen LogP contribution >= 0.6 is 22.9 Å². The molecule has 1 aromatic carbocycles. The Morgan fingerprint density at radius 2 is 1.78 bits per heavy atom. The number of rotatable bonds is 4. The van der Waals surface area contributed by atoms with E-state index in [1.807, 2.05) is 0 Å². The quantitative estimate of drug-likeness (QED) is 0.720. The van der Waals surface area contributed by atoms with Crippen LogP contribution in [0.1, 0.15) is 49.8 Å². The first-order valence-corrected chi connectivity index (χ1v) is 12.3. The van der Waals surface area contributed by atoms with Crippen LogP contribution in [0.4, 0.5) is 5.13 Å². The van der Waals surface area contributed by atoms with Gasteiger partial charge in [-0.3, -0.25) is 4.72 Å². The topological polar surface area (TPSA) is 59.1 Å². The van der Waals surface area contributed by atoms with Crippen LogP contribution in [-0.4, -0.2) is 13.4 Å². The SMILES string of the molecule is Cc1c(Cl)cccc1S(=O)(=O)Nc1nc(C23CC4CC(CC(C4)C2)C3)cs1. The molecule has 0 spiro atoms. The summed E-state index contributed by atoms with van der Waals surface area (Å²) in [4.78, 5) is 4.97. The van der Waals surface area contributed by atoms with Gasteiger partial charge in [0.25, 0.3) is 10.0 Å². The van der Waals surface area contributed by atoms with Gasteiger partial charge in [0, 0.05) is 15.8 Å². The summed E-state index contributed by atoms with van der Waals surface area (Å²) in [6, 6.07) is 4.94. The van der Waals surface area contributed by atoms with Crippen LogP contribution in [0.2, 0.25) is 5.02 Å². The van der Waals surface area contributed by atoms with E-state index in [4.69, 9.17) is 16.6 Å².